The third-order valence-corrected chi connectivity index (χ3v) is 5.02. The van der Waals surface area contributed by atoms with Gasteiger partial charge in [0.2, 0.25) is 0 Å². The van der Waals surface area contributed by atoms with Crippen molar-refractivity contribution in [3.63, 3.8) is 0 Å². The van der Waals surface area contributed by atoms with E-state index in [1.165, 1.54) is 10.3 Å². The Hall–Kier alpha value is -2.20. The van der Waals surface area contributed by atoms with Crippen molar-refractivity contribution in [1.29, 1.82) is 0 Å². The second-order valence-corrected chi connectivity index (χ2v) is 6.84. The first-order valence-electron chi connectivity index (χ1n) is 7.76. The standard InChI is InChI=1S/C19H20N2OS/c1-5-21-16-9-7-13(3)11-17(16)23-19(21)20-18(22)15-10-12(2)6-8-14(15)4/h6-11H,5H2,1-4H3. The van der Waals surface area contributed by atoms with Gasteiger partial charge in [0.15, 0.2) is 4.80 Å². The highest BCUT2D eigenvalue weighted by atomic mass is 32.1. The normalized spacial score (nSPS) is 12.1. The van der Waals surface area contributed by atoms with E-state index in [1.54, 1.807) is 11.3 Å². The summed E-state index contributed by atoms with van der Waals surface area (Å²) in [7, 11) is 0. The lowest BCUT2D eigenvalue weighted by molar-refractivity contribution is 0.0997. The Bertz CT molecular complexity index is 963. The van der Waals surface area contributed by atoms with E-state index in [0.29, 0.717) is 5.56 Å². The van der Waals surface area contributed by atoms with E-state index >= 15 is 0 Å². The van der Waals surface area contributed by atoms with E-state index in [4.69, 9.17) is 0 Å². The number of amides is 1. The Morgan fingerprint density at radius 1 is 1.09 bits per heavy atom. The molecule has 0 atom stereocenters. The van der Waals surface area contributed by atoms with Crippen LogP contribution in [-0.4, -0.2) is 10.5 Å². The van der Waals surface area contributed by atoms with Crippen LogP contribution in [0.5, 0.6) is 0 Å². The minimum Gasteiger partial charge on any atom is -0.317 e. The van der Waals surface area contributed by atoms with Crippen LogP contribution in [0, 0.1) is 20.8 Å². The highest BCUT2D eigenvalue weighted by Gasteiger charge is 2.10. The number of nitrogens with zero attached hydrogens (tertiary/aromatic N) is 2. The molecular weight excluding hydrogens is 304 g/mol. The van der Waals surface area contributed by atoms with Gasteiger partial charge in [0.25, 0.3) is 5.91 Å². The molecule has 0 radical (unpaired) electrons. The van der Waals surface area contributed by atoms with Crippen LogP contribution in [0.2, 0.25) is 0 Å². The molecule has 0 N–H and O–H groups in total. The molecular formula is C19H20N2OS. The van der Waals surface area contributed by atoms with Gasteiger partial charge in [0.05, 0.1) is 10.2 Å². The smallest absolute Gasteiger partial charge is 0.279 e. The Kier molecular flexibility index (Phi) is 4.18. The molecule has 0 saturated heterocycles. The minimum absolute atomic E-state index is 0.170. The highest BCUT2D eigenvalue weighted by Crippen LogP contribution is 2.19. The quantitative estimate of drug-likeness (QED) is 0.688. The summed E-state index contributed by atoms with van der Waals surface area (Å²) in [6.45, 7) is 8.89. The monoisotopic (exact) mass is 324 g/mol. The second-order valence-electron chi connectivity index (χ2n) is 5.84. The molecule has 1 amide bonds. The van der Waals surface area contributed by atoms with Gasteiger partial charge in [-0.05, 0) is 57.0 Å². The molecule has 1 heterocycles. The van der Waals surface area contributed by atoms with Gasteiger partial charge in [0.1, 0.15) is 0 Å². The van der Waals surface area contributed by atoms with Crippen LogP contribution >= 0.6 is 11.3 Å². The van der Waals surface area contributed by atoms with Crippen molar-refractivity contribution in [3.05, 3.63) is 63.5 Å². The zero-order valence-corrected chi connectivity index (χ0v) is 14.7. The highest BCUT2D eigenvalue weighted by molar-refractivity contribution is 7.16. The van der Waals surface area contributed by atoms with E-state index in [9.17, 15) is 4.79 Å². The van der Waals surface area contributed by atoms with Gasteiger partial charge in [-0.1, -0.05) is 35.1 Å². The van der Waals surface area contributed by atoms with E-state index in [0.717, 1.165) is 28.0 Å². The molecule has 0 aliphatic rings. The molecule has 0 unspecified atom stereocenters. The van der Waals surface area contributed by atoms with Crippen molar-refractivity contribution in [2.75, 3.05) is 0 Å². The SMILES string of the molecule is CCn1c(=NC(=O)c2cc(C)ccc2C)sc2cc(C)ccc21. The zero-order chi connectivity index (χ0) is 16.6. The Morgan fingerprint density at radius 2 is 1.78 bits per heavy atom. The molecule has 1 aromatic heterocycles. The predicted molar refractivity (Wildman–Crippen MR) is 96.0 cm³/mol. The second kappa shape index (κ2) is 6.13. The molecule has 0 aliphatic heterocycles. The fourth-order valence-electron chi connectivity index (χ4n) is 2.68. The summed E-state index contributed by atoms with van der Waals surface area (Å²) in [5.41, 5.74) is 5.07. The fourth-order valence-corrected chi connectivity index (χ4v) is 3.88. The summed E-state index contributed by atoms with van der Waals surface area (Å²) >= 11 is 1.57. The lowest BCUT2D eigenvalue weighted by Gasteiger charge is -2.03. The van der Waals surface area contributed by atoms with Crippen molar-refractivity contribution < 1.29 is 4.79 Å². The molecule has 0 fully saturated rings. The first-order chi connectivity index (χ1) is 11.0. The molecule has 23 heavy (non-hydrogen) atoms. The zero-order valence-electron chi connectivity index (χ0n) is 13.9. The maximum atomic E-state index is 12.6. The van der Waals surface area contributed by atoms with E-state index in [-0.39, 0.29) is 5.91 Å². The number of hydrogen-bond donors (Lipinski definition) is 0. The molecule has 0 spiro atoms. The summed E-state index contributed by atoms with van der Waals surface area (Å²) in [5.74, 6) is -0.170. The average Bonchev–Trinajstić information content (AvgIpc) is 2.85. The molecule has 3 aromatic rings. The largest absolute Gasteiger partial charge is 0.317 e. The Balaban J connectivity index is 2.17. The molecule has 0 bridgehead atoms. The molecule has 2 aromatic carbocycles. The summed E-state index contributed by atoms with van der Waals surface area (Å²) in [5, 5.41) is 0. The summed E-state index contributed by atoms with van der Waals surface area (Å²) in [6.07, 6.45) is 0. The number of benzene rings is 2. The number of aromatic nitrogens is 1. The van der Waals surface area contributed by atoms with Crippen molar-refractivity contribution in [2.45, 2.75) is 34.2 Å². The van der Waals surface area contributed by atoms with Crippen LogP contribution in [0.3, 0.4) is 0 Å². The summed E-state index contributed by atoms with van der Waals surface area (Å²) in [4.78, 5) is 17.8. The van der Waals surface area contributed by atoms with Gasteiger partial charge in [-0.3, -0.25) is 4.79 Å². The maximum absolute atomic E-state index is 12.6. The van der Waals surface area contributed by atoms with Gasteiger partial charge in [-0.25, -0.2) is 0 Å². The van der Waals surface area contributed by atoms with Crippen LogP contribution in [0.15, 0.2) is 41.4 Å². The van der Waals surface area contributed by atoms with Crippen molar-refractivity contribution >= 4 is 27.5 Å². The van der Waals surface area contributed by atoms with Crippen LogP contribution < -0.4 is 4.80 Å². The fraction of sp³-hybridized carbons (Fsp3) is 0.263. The lowest BCUT2D eigenvalue weighted by Crippen LogP contribution is -2.16. The number of hydrogen-bond acceptors (Lipinski definition) is 2. The summed E-state index contributed by atoms with van der Waals surface area (Å²) in [6, 6.07) is 12.2. The van der Waals surface area contributed by atoms with Crippen molar-refractivity contribution in [1.82, 2.24) is 4.57 Å². The molecule has 4 heteroatoms. The Labute approximate surface area is 139 Å². The number of carbonyl (C=O) groups is 1. The molecule has 3 nitrogen and oxygen atoms in total. The van der Waals surface area contributed by atoms with Crippen molar-refractivity contribution in [2.24, 2.45) is 4.99 Å². The maximum Gasteiger partial charge on any atom is 0.279 e. The Morgan fingerprint density at radius 3 is 2.52 bits per heavy atom. The first kappa shape index (κ1) is 15.7. The van der Waals surface area contributed by atoms with Gasteiger partial charge in [-0.15, -0.1) is 0 Å². The van der Waals surface area contributed by atoms with Crippen LogP contribution in [0.4, 0.5) is 0 Å². The predicted octanol–water partition coefficient (Wildman–Crippen LogP) is 4.39. The number of thiazole rings is 1. The van der Waals surface area contributed by atoms with E-state index in [2.05, 4.69) is 41.6 Å². The first-order valence-corrected chi connectivity index (χ1v) is 8.57. The van der Waals surface area contributed by atoms with Gasteiger partial charge in [-0.2, -0.15) is 4.99 Å². The average molecular weight is 324 g/mol. The van der Waals surface area contributed by atoms with E-state index in [1.807, 2.05) is 32.0 Å². The van der Waals surface area contributed by atoms with Gasteiger partial charge in [0, 0.05) is 12.1 Å². The van der Waals surface area contributed by atoms with Crippen LogP contribution in [0.1, 0.15) is 34.0 Å². The third-order valence-electron chi connectivity index (χ3n) is 3.98. The molecule has 0 aliphatic carbocycles. The molecule has 0 saturated carbocycles. The minimum atomic E-state index is -0.170. The van der Waals surface area contributed by atoms with Gasteiger partial charge >= 0.3 is 0 Å². The number of rotatable bonds is 2. The lowest BCUT2D eigenvalue weighted by atomic mass is 10.1. The van der Waals surface area contributed by atoms with Crippen LogP contribution in [0.25, 0.3) is 10.2 Å². The van der Waals surface area contributed by atoms with Gasteiger partial charge < -0.3 is 4.57 Å². The molecule has 118 valence electrons. The molecule has 3 rings (SSSR count). The van der Waals surface area contributed by atoms with Crippen LogP contribution in [-0.2, 0) is 6.54 Å². The van der Waals surface area contributed by atoms with Crippen molar-refractivity contribution in [3.8, 4) is 0 Å². The number of aryl methyl sites for hydroxylation is 4. The summed E-state index contributed by atoms with van der Waals surface area (Å²) < 4.78 is 3.27. The third kappa shape index (κ3) is 2.99. The number of fused-ring (bicyclic) bond motifs is 1. The number of carbonyl (C=O) groups excluding carboxylic acids is 1. The topological polar surface area (TPSA) is 34.4 Å². The van der Waals surface area contributed by atoms with E-state index < -0.39 is 0 Å².